The topological polar surface area (TPSA) is 38.0 Å². The molecule has 1 aromatic rings. The molecule has 1 aliphatic heterocycles. The van der Waals surface area contributed by atoms with E-state index in [9.17, 15) is 0 Å². The lowest BCUT2D eigenvalue weighted by atomic mass is 9.87. The minimum atomic E-state index is 0.187. The maximum Gasteiger partial charge on any atom is 0.0335 e. The van der Waals surface area contributed by atoms with E-state index in [0.717, 1.165) is 13.1 Å². The lowest BCUT2D eigenvalue weighted by molar-refractivity contribution is 0.326. The number of hydrogen-bond donors (Lipinski definition) is 2. The van der Waals surface area contributed by atoms with Gasteiger partial charge in [0.2, 0.25) is 0 Å². The van der Waals surface area contributed by atoms with Gasteiger partial charge in [-0.2, -0.15) is 0 Å². The van der Waals surface area contributed by atoms with Crippen molar-refractivity contribution in [2.45, 2.75) is 32.7 Å². The van der Waals surface area contributed by atoms with E-state index in [1.165, 1.54) is 29.5 Å². The predicted molar refractivity (Wildman–Crippen MR) is 68.4 cm³/mol. The molecule has 1 heterocycles. The first kappa shape index (κ1) is 11.6. The van der Waals surface area contributed by atoms with Gasteiger partial charge < -0.3 is 11.1 Å². The number of aryl methyl sites for hydroxylation is 2. The fraction of sp³-hybridized carbons (Fsp3) is 0.571. The minimum absolute atomic E-state index is 0.187. The average molecular weight is 218 g/mol. The number of piperidine rings is 1. The molecule has 2 nitrogen and oxygen atoms in total. The van der Waals surface area contributed by atoms with E-state index in [2.05, 4.69) is 37.4 Å². The third-order valence-electron chi connectivity index (χ3n) is 3.76. The number of nitrogens with two attached hydrogens (primary N) is 1. The normalized spacial score (nSPS) is 23.1. The van der Waals surface area contributed by atoms with Gasteiger partial charge in [0.15, 0.2) is 0 Å². The molecule has 16 heavy (non-hydrogen) atoms. The quantitative estimate of drug-likeness (QED) is 0.799. The van der Waals surface area contributed by atoms with Gasteiger partial charge in [-0.3, -0.25) is 0 Å². The van der Waals surface area contributed by atoms with Gasteiger partial charge in [0.1, 0.15) is 0 Å². The third kappa shape index (κ3) is 2.45. The summed E-state index contributed by atoms with van der Waals surface area (Å²) in [6, 6.07) is 6.80. The molecule has 0 radical (unpaired) electrons. The van der Waals surface area contributed by atoms with Crippen LogP contribution in [0.1, 0.15) is 35.6 Å². The monoisotopic (exact) mass is 218 g/mol. The zero-order chi connectivity index (χ0) is 11.5. The summed E-state index contributed by atoms with van der Waals surface area (Å²) in [6.45, 7) is 6.52. The van der Waals surface area contributed by atoms with Gasteiger partial charge in [-0.05, 0) is 62.4 Å². The molecule has 0 spiro atoms. The molecule has 1 aliphatic rings. The highest BCUT2D eigenvalue weighted by Crippen LogP contribution is 2.26. The van der Waals surface area contributed by atoms with Crippen molar-refractivity contribution in [2.24, 2.45) is 11.7 Å². The Bertz CT molecular complexity index is 354. The molecule has 1 fully saturated rings. The molecule has 2 rings (SSSR count). The first-order valence-electron chi connectivity index (χ1n) is 6.22. The van der Waals surface area contributed by atoms with Crippen LogP contribution in [0.15, 0.2) is 18.2 Å². The Morgan fingerprint density at radius 2 is 2.12 bits per heavy atom. The van der Waals surface area contributed by atoms with Crippen LogP contribution in [-0.4, -0.2) is 13.1 Å². The molecule has 2 atom stereocenters. The summed E-state index contributed by atoms with van der Waals surface area (Å²) >= 11 is 0. The molecule has 0 aromatic heterocycles. The molecule has 1 saturated heterocycles. The van der Waals surface area contributed by atoms with E-state index in [0.29, 0.717) is 5.92 Å². The summed E-state index contributed by atoms with van der Waals surface area (Å²) in [5.74, 6) is 0.593. The van der Waals surface area contributed by atoms with Crippen LogP contribution in [0.2, 0.25) is 0 Å². The highest BCUT2D eigenvalue weighted by Gasteiger charge is 2.21. The zero-order valence-corrected chi connectivity index (χ0v) is 10.3. The number of nitrogens with one attached hydrogen (secondary N) is 1. The molecular formula is C14H22N2. The summed E-state index contributed by atoms with van der Waals surface area (Å²) in [5, 5.41) is 3.43. The maximum absolute atomic E-state index is 6.35. The molecule has 0 saturated carbocycles. The van der Waals surface area contributed by atoms with Crippen LogP contribution >= 0.6 is 0 Å². The van der Waals surface area contributed by atoms with Crippen LogP contribution in [0.5, 0.6) is 0 Å². The Labute approximate surface area is 98.2 Å². The summed E-state index contributed by atoms with van der Waals surface area (Å²) in [5.41, 5.74) is 10.3. The highest BCUT2D eigenvalue weighted by molar-refractivity contribution is 5.31. The minimum Gasteiger partial charge on any atom is -0.324 e. The van der Waals surface area contributed by atoms with E-state index in [1.54, 1.807) is 0 Å². The molecule has 2 unspecified atom stereocenters. The summed E-state index contributed by atoms with van der Waals surface area (Å²) in [7, 11) is 0. The highest BCUT2D eigenvalue weighted by atomic mass is 14.9. The standard InChI is InChI=1S/C14H22N2/c1-10-5-6-12(8-11(10)2)14(15)13-4-3-7-16-9-13/h5-6,8,13-14,16H,3-4,7,9,15H2,1-2H3. The second kappa shape index (κ2) is 4.98. The van der Waals surface area contributed by atoms with Gasteiger partial charge >= 0.3 is 0 Å². The van der Waals surface area contributed by atoms with E-state index >= 15 is 0 Å². The third-order valence-corrected chi connectivity index (χ3v) is 3.76. The van der Waals surface area contributed by atoms with Crippen molar-refractivity contribution in [1.82, 2.24) is 5.32 Å². The average Bonchev–Trinajstić information content (AvgIpc) is 2.33. The molecule has 88 valence electrons. The van der Waals surface area contributed by atoms with Gasteiger partial charge in [0.05, 0.1) is 0 Å². The summed E-state index contributed by atoms with van der Waals surface area (Å²) in [4.78, 5) is 0. The Hall–Kier alpha value is -0.860. The van der Waals surface area contributed by atoms with Gasteiger partial charge in [-0.25, -0.2) is 0 Å². The van der Waals surface area contributed by atoms with Gasteiger partial charge in [-0.15, -0.1) is 0 Å². The Kier molecular flexibility index (Phi) is 3.62. The Balaban J connectivity index is 2.12. The Morgan fingerprint density at radius 3 is 2.75 bits per heavy atom. The van der Waals surface area contributed by atoms with E-state index in [-0.39, 0.29) is 6.04 Å². The second-order valence-electron chi connectivity index (χ2n) is 4.98. The van der Waals surface area contributed by atoms with Crippen molar-refractivity contribution in [2.75, 3.05) is 13.1 Å². The van der Waals surface area contributed by atoms with Crippen molar-refractivity contribution in [3.8, 4) is 0 Å². The zero-order valence-electron chi connectivity index (χ0n) is 10.3. The lowest BCUT2D eigenvalue weighted by Crippen LogP contribution is -2.36. The molecule has 1 aromatic carbocycles. The van der Waals surface area contributed by atoms with Crippen molar-refractivity contribution in [3.63, 3.8) is 0 Å². The fourth-order valence-electron chi connectivity index (χ4n) is 2.43. The van der Waals surface area contributed by atoms with Gasteiger partial charge in [-0.1, -0.05) is 18.2 Å². The van der Waals surface area contributed by atoms with E-state index in [4.69, 9.17) is 5.73 Å². The molecule has 0 amide bonds. The second-order valence-corrected chi connectivity index (χ2v) is 4.98. The SMILES string of the molecule is Cc1ccc(C(N)C2CCCNC2)cc1C. The summed E-state index contributed by atoms with van der Waals surface area (Å²) < 4.78 is 0. The molecular weight excluding hydrogens is 196 g/mol. The van der Waals surface area contributed by atoms with Crippen molar-refractivity contribution in [3.05, 3.63) is 34.9 Å². The van der Waals surface area contributed by atoms with Crippen LogP contribution in [0.25, 0.3) is 0 Å². The van der Waals surface area contributed by atoms with Crippen molar-refractivity contribution < 1.29 is 0 Å². The van der Waals surface area contributed by atoms with Crippen molar-refractivity contribution in [1.29, 1.82) is 0 Å². The van der Waals surface area contributed by atoms with Gasteiger partial charge in [0.25, 0.3) is 0 Å². The van der Waals surface area contributed by atoms with Crippen LogP contribution < -0.4 is 11.1 Å². The number of hydrogen-bond acceptors (Lipinski definition) is 2. The van der Waals surface area contributed by atoms with Crippen LogP contribution in [0.4, 0.5) is 0 Å². The first-order chi connectivity index (χ1) is 7.68. The van der Waals surface area contributed by atoms with Crippen LogP contribution in [-0.2, 0) is 0 Å². The molecule has 3 N–H and O–H groups in total. The van der Waals surface area contributed by atoms with Crippen LogP contribution in [0.3, 0.4) is 0 Å². The predicted octanol–water partition coefficient (Wildman–Crippen LogP) is 2.30. The molecule has 0 bridgehead atoms. The maximum atomic E-state index is 6.35. The largest absolute Gasteiger partial charge is 0.324 e. The van der Waals surface area contributed by atoms with E-state index in [1.807, 2.05) is 0 Å². The van der Waals surface area contributed by atoms with Crippen molar-refractivity contribution >= 4 is 0 Å². The fourth-order valence-corrected chi connectivity index (χ4v) is 2.43. The molecule has 2 heteroatoms. The summed E-state index contributed by atoms with van der Waals surface area (Å²) in [6.07, 6.45) is 2.50. The number of rotatable bonds is 2. The lowest BCUT2D eigenvalue weighted by Gasteiger charge is -2.28. The van der Waals surface area contributed by atoms with E-state index < -0.39 is 0 Å². The van der Waals surface area contributed by atoms with Crippen LogP contribution in [0, 0.1) is 19.8 Å². The molecule has 0 aliphatic carbocycles. The smallest absolute Gasteiger partial charge is 0.0335 e. The number of benzene rings is 1. The first-order valence-corrected chi connectivity index (χ1v) is 6.22. The Morgan fingerprint density at radius 1 is 1.31 bits per heavy atom. The van der Waals surface area contributed by atoms with Gasteiger partial charge in [0, 0.05) is 6.04 Å².